The van der Waals surface area contributed by atoms with Gasteiger partial charge in [0.05, 0.1) is 11.2 Å². The van der Waals surface area contributed by atoms with Crippen LogP contribution in [0, 0.1) is 5.92 Å². The summed E-state index contributed by atoms with van der Waals surface area (Å²) in [6.07, 6.45) is 7.18. The second-order valence-corrected chi connectivity index (χ2v) is 5.25. The summed E-state index contributed by atoms with van der Waals surface area (Å²) < 4.78 is 0. The summed E-state index contributed by atoms with van der Waals surface area (Å²) in [4.78, 5) is 0. The van der Waals surface area contributed by atoms with Crippen molar-refractivity contribution in [1.29, 1.82) is 0 Å². The summed E-state index contributed by atoms with van der Waals surface area (Å²) in [6.45, 7) is 1.88. The molecule has 0 aliphatic heterocycles. The average molecular weight is 184 g/mol. The van der Waals surface area contributed by atoms with Gasteiger partial charge in [0.2, 0.25) is 0 Å². The van der Waals surface area contributed by atoms with Crippen LogP contribution in [0.5, 0.6) is 0 Å². The molecule has 2 heteroatoms. The Labute approximate surface area is 80.0 Å². The zero-order valence-corrected chi connectivity index (χ0v) is 8.42. The van der Waals surface area contributed by atoms with Crippen LogP contribution in [0.15, 0.2) is 0 Å². The first-order valence-corrected chi connectivity index (χ1v) is 5.47. The maximum atomic E-state index is 10.2. The predicted molar refractivity (Wildman–Crippen MR) is 51.4 cm³/mol. The largest absolute Gasteiger partial charge is 0.390 e. The minimum Gasteiger partial charge on any atom is -0.390 e. The van der Waals surface area contributed by atoms with Gasteiger partial charge in [0, 0.05) is 0 Å². The number of hydrogen-bond acceptors (Lipinski definition) is 2. The number of aliphatic hydroxyl groups is 2. The number of hydrogen-bond donors (Lipinski definition) is 2. The molecule has 2 saturated carbocycles. The highest BCUT2D eigenvalue weighted by atomic mass is 16.3. The molecule has 2 unspecified atom stereocenters. The molecule has 13 heavy (non-hydrogen) atoms. The zero-order chi connectivity index (χ0) is 9.53. The molecular formula is C11H20O2. The van der Waals surface area contributed by atoms with Crippen LogP contribution < -0.4 is 0 Å². The van der Waals surface area contributed by atoms with Crippen molar-refractivity contribution in [2.45, 2.75) is 63.1 Å². The second-order valence-electron chi connectivity index (χ2n) is 5.25. The predicted octanol–water partition coefficient (Wildman–Crippen LogP) is 1.84. The highest BCUT2D eigenvalue weighted by molar-refractivity contribution is 5.03. The highest BCUT2D eigenvalue weighted by Crippen LogP contribution is 2.49. The van der Waals surface area contributed by atoms with Crippen LogP contribution in [0.3, 0.4) is 0 Å². The van der Waals surface area contributed by atoms with Crippen molar-refractivity contribution in [1.82, 2.24) is 0 Å². The Balaban J connectivity index is 1.86. The fourth-order valence-corrected chi connectivity index (χ4v) is 2.60. The molecule has 2 aliphatic carbocycles. The van der Waals surface area contributed by atoms with E-state index in [1.54, 1.807) is 0 Å². The van der Waals surface area contributed by atoms with Crippen molar-refractivity contribution >= 4 is 0 Å². The third-order valence-corrected chi connectivity index (χ3v) is 3.79. The van der Waals surface area contributed by atoms with Gasteiger partial charge in [0.15, 0.2) is 0 Å². The fourth-order valence-electron chi connectivity index (χ4n) is 2.60. The van der Waals surface area contributed by atoms with E-state index in [4.69, 9.17) is 0 Å². The molecule has 76 valence electrons. The molecule has 2 N–H and O–H groups in total. The fraction of sp³-hybridized carbons (Fsp3) is 1.00. The summed E-state index contributed by atoms with van der Waals surface area (Å²) in [6, 6.07) is 0. The Morgan fingerprint density at radius 3 is 2.15 bits per heavy atom. The quantitative estimate of drug-likeness (QED) is 0.687. The van der Waals surface area contributed by atoms with Crippen molar-refractivity contribution in [3.05, 3.63) is 0 Å². The third-order valence-electron chi connectivity index (χ3n) is 3.79. The topological polar surface area (TPSA) is 40.5 Å². The van der Waals surface area contributed by atoms with Crippen molar-refractivity contribution in [2.75, 3.05) is 0 Å². The third kappa shape index (κ3) is 2.05. The molecule has 2 atom stereocenters. The van der Waals surface area contributed by atoms with Gasteiger partial charge in [0.25, 0.3) is 0 Å². The van der Waals surface area contributed by atoms with Crippen molar-refractivity contribution in [3.8, 4) is 0 Å². The van der Waals surface area contributed by atoms with Gasteiger partial charge in [-0.3, -0.25) is 0 Å². The molecule has 0 amide bonds. The van der Waals surface area contributed by atoms with Crippen molar-refractivity contribution in [3.63, 3.8) is 0 Å². The Kier molecular flexibility index (Phi) is 2.16. The van der Waals surface area contributed by atoms with Gasteiger partial charge in [-0.25, -0.2) is 0 Å². The molecule has 2 aliphatic rings. The molecule has 0 aromatic heterocycles. The Morgan fingerprint density at radius 1 is 1.15 bits per heavy atom. The minimum atomic E-state index is -0.465. The molecule has 0 heterocycles. The Morgan fingerprint density at radius 2 is 1.69 bits per heavy atom. The SMILES string of the molecule is CC1(O)CC1CC1(O)CCCCC1. The lowest BCUT2D eigenvalue weighted by atomic mass is 9.81. The molecule has 0 aromatic rings. The highest BCUT2D eigenvalue weighted by Gasteiger charge is 2.51. The van der Waals surface area contributed by atoms with E-state index in [-0.39, 0.29) is 0 Å². The van der Waals surface area contributed by atoms with E-state index in [9.17, 15) is 10.2 Å². The summed E-state index contributed by atoms with van der Waals surface area (Å²) in [5, 5.41) is 19.8. The van der Waals surface area contributed by atoms with Crippen LogP contribution in [0.1, 0.15) is 51.9 Å². The summed E-state index contributed by atoms with van der Waals surface area (Å²) >= 11 is 0. The normalized spacial score (nSPS) is 43.2. The molecular weight excluding hydrogens is 164 g/mol. The van der Waals surface area contributed by atoms with Crippen LogP contribution in [-0.4, -0.2) is 21.4 Å². The summed E-state index contributed by atoms with van der Waals surface area (Å²) in [5.74, 6) is 0.357. The molecule has 0 radical (unpaired) electrons. The maximum absolute atomic E-state index is 10.2. The molecule has 0 spiro atoms. The van der Waals surface area contributed by atoms with Gasteiger partial charge >= 0.3 is 0 Å². The van der Waals surface area contributed by atoms with Crippen LogP contribution in [0.4, 0.5) is 0 Å². The number of rotatable bonds is 2. The maximum Gasteiger partial charge on any atom is 0.0653 e. The Bertz CT molecular complexity index is 192. The van der Waals surface area contributed by atoms with Crippen LogP contribution >= 0.6 is 0 Å². The average Bonchev–Trinajstić information content (AvgIpc) is 2.58. The lowest BCUT2D eigenvalue weighted by molar-refractivity contribution is -0.0164. The van der Waals surface area contributed by atoms with E-state index in [2.05, 4.69) is 0 Å². The van der Waals surface area contributed by atoms with Crippen LogP contribution in [0.25, 0.3) is 0 Å². The lowest BCUT2D eigenvalue weighted by Crippen LogP contribution is -2.32. The minimum absolute atomic E-state index is 0.357. The molecule has 2 rings (SSSR count). The van der Waals surface area contributed by atoms with Gasteiger partial charge < -0.3 is 10.2 Å². The van der Waals surface area contributed by atoms with E-state index in [1.165, 1.54) is 6.42 Å². The first kappa shape index (κ1) is 9.47. The van der Waals surface area contributed by atoms with Crippen LogP contribution in [-0.2, 0) is 0 Å². The Hall–Kier alpha value is -0.0800. The summed E-state index contributed by atoms with van der Waals surface area (Å²) in [7, 11) is 0. The first-order valence-electron chi connectivity index (χ1n) is 5.47. The van der Waals surface area contributed by atoms with E-state index < -0.39 is 11.2 Å². The van der Waals surface area contributed by atoms with Gasteiger partial charge in [-0.1, -0.05) is 19.3 Å². The van der Waals surface area contributed by atoms with Gasteiger partial charge in [-0.15, -0.1) is 0 Å². The van der Waals surface area contributed by atoms with E-state index >= 15 is 0 Å². The van der Waals surface area contributed by atoms with Crippen molar-refractivity contribution < 1.29 is 10.2 Å². The van der Waals surface area contributed by atoms with E-state index in [0.29, 0.717) is 5.92 Å². The molecule has 2 nitrogen and oxygen atoms in total. The van der Waals surface area contributed by atoms with E-state index in [1.807, 2.05) is 6.92 Å². The zero-order valence-electron chi connectivity index (χ0n) is 8.42. The van der Waals surface area contributed by atoms with E-state index in [0.717, 1.165) is 38.5 Å². The standard InChI is InChI=1S/C11H20O2/c1-10(12)7-9(10)8-11(13)5-3-2-4-6-11/h9,12-13H,2-8H2,1H3. The monoisotopic (exact) mass is 184 g/mol. The van der Waals surface area contributed by atoms with Gasteiger partial charge in [-0.2, -0.15) is 0 Å². The molecule has 0 bridgehead atoms. The molecule has 0 aromatic carbocycles. The first-order chi connectivity index (χ1) is 6.02. The molecule has 2 fully saturated rings. The van der Waals surface area contributed by atoms with Gasteiger partial charge in [0.1, 0.15) is 0 Å². The summed E-state index contributed by atoms with van der Waals surface area (Å²) in [5.41, 5.74) is -0.906. The smallest absolute Gasteiger partial charge is 0.0653 e. The second kappa shape index (κ2) is 2.96. The molecule has 0 saturated heterocycles. The lowest BCUT2D eigenvalue weighted by Gasteiger charge is -2.32. The van der Waals surface area contributed by atoms with Crippen molar-refractivity contribution in [2.24, 2.45) is 5.92 Å². The van der Waals surface area contributed by atoms with Crippen LogP contribution in [0.2, 0.25) is 0 Å². The van der Waals surface area contributed by atoms with Gasteiger partial charge in [-0.05, 0) is 38.5 Å².